The Morgan fingerprint density at radius 3 is 2.41 bits per heavy atom. The van der Waals surface area contributed by atoms with E-state index in [1.807, 2.05) is 87.4 Å². The summed E-state index contributed by atoms with van der Waals surface area (Å²) >= 11 is 0. The molecule has 5 aromatic rings. The van der Waals surface area contributed by atoms with Crippen molar-refractivity contribution in [2.75, 3.05) is 55.4 Å². The Kier molecular flexibility index (Phi) is 9.02. The molecule has 6 rings (SSSR count). The number of benzene rings is 2. The van der Waals surface area contributed by atoms with Crippen molar-refractivity contribution in [1.29, 1.82) is 0 Å². The van der Waals surface area contributed by atoms with Crippen LogP contribution in [-0.2, 0) is 18.4 Å². The van der Waals surface area contributed by atoms with Crippen molar-refractivity contribution in [2.45, 2.75) is 26.0 Å². The van der Waals surface area contributed by atoms with Gasteiger partial charge in [0.2, 0.25) is 5.91 Å². The van der Waals surface area contributed by atoms with E-state index in [-0.39, 0.29) is 23.6 Å². The van der Waals surface area contributed by atoms with Crippen LogP contribution in [-0.4, -0.2) is 75.8 Å². The van der Waals surface area contributed by atoms with Gasteiger partial charge in [-0.25, -0.2) is 4.98 Å². The third-order valence-corrected chi connectivity index (χ3v) is 9.52. The van der Waals surface area contributed by atoms with Gasteiger partial charge in [-0.2, -0.15) is 0 Å². The van der Waals surface area contributed by atoms with E-state index in [0.717, 1.165) is 29.9 Å². The number of anilines is 4. The third-order valence-electron chi connectivity index (χ3n) is 9.52. The Morgan fingerprint density at radius 2 is 1.76 bits per heavy atom. The van der Waals surface area contributed by atoms with Crippen LogP contribution in [0, 0.1) is 0 Å². The average Bonchev–Trinajstić information content (AvgIpc) is 3.10. The molecule has 0 atom stereocenters. The maximum atomic E-state index is 13.7. The first-order chi connectivity index (χ1) is 23.4. The summed E-state index contributed by atoms with van der Waals surface area (Å²) in [4.78, 5) is 49.7. The number of piperazine rings is 1. The van der Waals surface area contributed by atoms with Gasteiger partial charge in [-0.15, -0.1) is 0 Å². The van der Waals surface area contributed by atoms with E-state index < -0.39 is 5.54 Å². The molecule has 12 heteroatoms. The number of primary amides is 1. The summed E-state index contributed by atoms with van der Waals surface area (Å²) in [5, 5.41) is 15.2. The number of nitrogens with two attached hydrogens (primary N) is 1. The van der Waals surface area contributed by atoms with Gasteiger partial charge >= 0.3 is 0 Å². The summed E-state index contributed by atoms with van der Waals surface area (Å²) in [6.45, 7) is 6.22. The van der Waals surface area contributed by atoms with Crippen LogP contribution in [0.1, 0.15) is 19.4 Å². The van der Waals surface area contributed by atoms with Crippen molar-refractivity contribution >= 4 is 39.6 Å². The Bertz CT molecular complexity index is 2150. The summed E-state index contributed by atoms with van der Waals surface area (Å²) < 4.78 is 3.04. The number of aromatic nitrogens is 3. The van der Waals surface area contributed by atoms with Crippen LogP contribution >= 0.6 is 0 Å². The number of carbonyl (C=O) groups is 1. The predicted molar refractivity (Wildman–Crippen MR) is 195 cm³/mol. The number of aliphatic hydroxyl groups excluding tert-OH is 1. The number of carbonyl (C=O) groups excluding carboxylic acids is 1. The number of nitrogens with zero attached hydrogens (tertiary/aromatic N) is 6. The first-order valence-corrected chi connectivity index (χ1v) is 16.2. The second-order valence-corrected chi connectivity index (χ2v) is 13.1. The largest absolute Gasteiger partial charge is 0.392 e. The number of hydrogen-bond acceptors (Lipinski definition) is 9. The molecule has 0 radical (unpaired) electrons. The number of pyridine rings is 3. The summed E-state index contributed by atoms with van der Waals surface area (Å²) in [6.07, 6.45) is 5.21. The first kappa shape index (κ1) is 33.4. The highest BCUT2D eigenvalue weighted by atomic mass is 16.3. The second-order valence-electron chi connectivity index (χ2n) is 13.1. The zero-order chi connectivity index (χ0) is 35.0. The van der Waals surface area contributed by atoms with Gasteiger partial charge in [0.25, 0.3) is 11.1 Å². The van der Waals surface area contributed by atoms with Crippen molar-refractivity contribution in [3.05, 3.63) is 106 Å². The van der Waals surface area contributed by atoms with Crippen molar-refractivity contribution in [1.82, 2.24) is 19.0 Å². The van der Waals surface area contributed by atoms with Gasteiger partial charge in [0.05, 0.1) is 29.7 Å². The Hall–Kier alpha value is -5.46. The molecule has 0 unspecified atom stereocenters. The number of aliphatic hydroxyl groups is 1. The number of aryl methyl sites for hydroxylation is 1. The lowest BCUT2D eigenvalue weighted by atomic mass is 9.99. The minimum absolute atomic E-state index is 0.191. The normalized spacial score (nSPS) is 13.9. The number of hydrogen-bond donors (Lipinski definition) is 3. The summed E-state index contributed by atoms with van der Waals surface area (Å²) in [5.41, 5.74) is 9.21. The third kappa shape index (κ3) is 6.40. The Balaban J connectivity index is 1.27. The molecular weight excluding hydrogens is 620 g/mol. The topological polar surface area (TPSA) is 142 Å². The molecule has 1 aliphatic rings. The van der Waals surface area contributed by atoms with Crippen molar-refractivity contribution in [3.63, 3.8) is 0 Å². The Morgan fingerprint density at radius 1 is 1.00 bits per heavy atom. The zero-order valence-electron chi connectivity index (χ0n) is 28.5. The van der Waals surface area contributed by atoms with Crippen LogP contribution in [0.4, 0.5) is 22.9 Å². The molecule has 0 aliphatic carbocycles. The SMILES string of the molecule is CN(C)c1ccc2c(=O)n(-c3cccc(-c4cc(Nc5ccc(N6CCN(C(C)(C)C(N)=O)CC6)cn5)c(=O)n(C)c4)c3CO)ccc2c1. The van der Waals surface area contributed by atoms with Crippen LogP contribution in [0.25, 0.3) is 27.6 Å². The molecule has 3 aromatic heterocycles. The van der Waals surface area contributed by atoms with E-state index in [1.54, 1.807) is 36.3 Å². The molecule has 1 saturated heterocycles. The predicted octanol–water partition coefficient (Wildman–Crippen LogP) is 3.44. The van der Waals surface area contributed by atoms with Crippen LogP contribution in [0.2, 0.25) is 0 Å². The van der Waals surface area contributed by atoms with Crippen LogP contribution in [0.3, 0.4) is 0 Å². The van der Waals surface area contributed by atoms with Crippen LogP contribution in [0.5, 0.6) is 0 Å². The van der Waals surface area contributed by atoms with Crippen molar-refractivity contribution < 1.29 is 9.90 Å². The van der Waals surface area contributed by atoms with Gasteiger partial charge in [-0.1, -0.05) is 12.1 Å². The molecule has 254 valence electrons. The van der Waals surface area contributed by atoms with E-state index in [4.69, 9.17) is 5.73 Å². The number of rotatable bonds is 9. The van der Waals surface area contributed by atoms with E-state index in [0.29, 0.717) is 52.4 Å². The maximum absolute atomic E-state index is 13.7. The quantitative estimate of drug-likeness (QED) is 0.216. The minimum atomic E-state index is -0.705. The molecule has 49 heavy (non-hydrogen) atoms. The fraction of sp³-hybridized carbons (Fsp3) is 0.297. The summed E-state index contributed by atoms with van der Waals surface area (Å²) in [5.74, 6) is 0.163. The van der Waals surface area contributed by atoms with E-state index >= 15 is 0 Å². The van der Waals surface area contributed by atoms with Gasteiger partial charge in [-0.3, -0.25) is 23.9 Å². The van der Waals surface area contributed by atoms with Crippen LogP contribution in [0.15, 0.2) is 88.8 Å². The first-order valence-electron chi connectivity index (χ1n) is 16.2. The standard InChI is InChI=1S/C37H42N8O4/c1-37(2,36(38)49)44-17-15-43(16-18-44)27-10-12-33(39-21-27)40-31-20-25(22-42(5)35(31)48)28-7-6-8-32(30(28)23-46)45-14-13-24-19-26(41(3)4)9-11-29(24)34(45)47/h6-14,19-22,46H,15-18,23H2,1-5H3,(H2,38,49)(H,39,40). The van der Waals surface area contributed by atoms with Gasteiger partial charge < -0.3 is 30.5 Å². The smallest absolute Gasteiger partial charge is 0.274 e. The zero-order valence-corrected chi connectivity index (χ0v) is 28.5. The van der Waals surface area contributed by atoms with Crippen LogP contribution < -0.4 is 32.0 Å². The molecule has 1 aliphatic heterocycles. The van der Waals surface area contributed by atoms with Gasteiger partial charge in [0.15, 0.2) is 0 Å². The Labute approximate surface area is 284 Å². The highest BCUT2D eigenvalue weighted by molar-refractivity contribution is 5.86. The molecule has 2 aromatic carbocycles. The lowest BCUT2D eigenvalue weighted by Gasteiger charge is -2.42. The molecular formula is C37H42N8O4. The summed E-state index contributed by atoms with van der Waals surface area (Å²) in [6, 6.07) is 18.6. The van der Waals surface area contributed by atoms with E-state index in [9.17, 15) is 19.5 Å². The number of nitrogens with one attached hydrogen (secondary N) is 1. The van der Waals surface area contributed by atoms with Crippen molar-refractivity contribution in [2.24, 2.45) is 12.8 Å². The lowest BCUT2D eigenvalue weighted by Crippen LogP contribution is -2.59. The minimum Gasteiger partial charge on any atom is -0.392 e. The fourth-order valence-electron chi connectivity index (χ4n) is 6.35. The molecule has 4 heterocycles. The number of amides is 1. The van der Waals surface area contributed by atoms with E-state index in [2.05, 4.69) is 20.1 Å². The molecule has 4 N–H and O–H groups in total. The second kappa shape index (κ2) is 13.2. The summed E-state index contributed by atoms with van der Waals surface area (Å²) in [7, 11) is 5.58. The highest BCUT2D eigenvalue weighted by Gasteiger charge is 2.34. The van der Waals surface area contributed by atoms with E-state index in [1.165, 1.54) is 4.57 Å². The lowest BCUT2D eigenvalue weighted by molar-refractivity contribution is -0.128. The van der Waals surface area contributed by atoms with Gasteiger partial charge in [0.1, 0.15) is 11.5 Å². The molecule has 0 spiro atoms. The highest BCUT2D eigenvalue weighted by Crippen LogP contribution is 2.30. The molecule has 1 amide bonds. The van der Waals surface area contributed by atoms with Gasteiger partial charge in [-0.05, 0) is 73.3 Å². The van der Waals surface area contributed by atoms with Crippen molar-refractivity contribution in [3.8, 4) is 16.8 Å². The van der Waals surface area contributed by atoms with Gasteiger partial charge in [0, 0.05) is 81.9 Å². The number of fused-ring (bicyclic) bond motifs is 1. The molecule has 12 nitrogen and oxygen atoms in total. The average molecular weight is 663 g/mol. The maximum Gasteiger partial charge on any atom is 0.274 e. The molecule has 0 saturated carbocycles. The fourth-order valence-corrected chi connectivity index (χ4v) is 6.35. The monoisotopic (exact) mass is 662 g/mol. The molecule has 1 fully saturated rings. The molecule has 0 bridgehead atoms.